The van der Waals surface area contributed by atoms with Gasteiger partial charge in [0, 0.05) is 33.8 Å². The molecule has 1 aromatic heterocycles. The number of carbonyl (C=O) groups is 4. The molecule has 0 N–H and O–H groups in total. The fourth-order valence-corrected chi connectivity index (χ4v) is 5.31. The zero-order chi connectivity index (χ0) is 33.1. The van der Waals surface area contributed by atoms with Crippen LogP contribution in [-0.4, -0.2) is 74.4 Å². The van der Waals surface area contributed by atoms with Gasteiger partial charge < -0.3 is 42.3 Å². The third-order valence-corrected chi connectivity index (χ3v) is 7.07. The largest absolute Gasteiger partial charge is 0.486 e. The molecule has 5 rings (SSSR count). The Kier molecular flexibility index (Phi) is 9.46. The second-order valence-corrected chi connectivity index (χ2v) is 10.6. The molecular weight excluding hydrogens is 608 g/mol. The van der Waals surface area contributed by atoms with Gasteiger partial charge in [0.25, 0.3) is 0 Å². The van der Waals surface area contributed by atoms with Gasteiger partial charge in [0.15, 0.2) is 23.7 Å². The minimum Gasteiger partial charge on any atom is -0.486 e. The average molecular weight is 641 g/mol. The number of aryl methyl sites for hydroxylation is 1. The predicted octanol–water partition coefficient (Wildman–Crippen LogP) is 3.00. The van der Waals surface area contributed by atoms with Crippen molar-refractivity contribution >= 4 is 34.8 Å². The van der Waals surface area contributed by atoms with Crippen molar-refractivity contribution in [2.45, 2.75) is 65.3 Å². The highest BCUT2D eigenvalue weighted by atomic mass is 16.7. The predicted molar refractivity (Wildman–Crippen MR) is 156 cm³/mol. The van der Waals surface area contributed by atoms with Crippen LogP contribution in [-0.2, 0) is 42.9 Å². The molecule has 1 saturated heterocycles. The van der Waals surface area contributed by atoms with Crippen molar-refractivity contribution in [2.24, 2.45) is 0 Å². The number of hydrogen-bond acceptors (Lipinski definition) is 14. The van der Waals surface area contributed by atoms with Crippen LogP contribution >= 0.6 is 0 Å². The molecule has 0 bridgehead atoms. The summed E-state index contributed by atoms with van der Waals surface area (Å²) in [6, 6.07) is 9.64. The van der Waals surface area contributed by atoms with Gasteiger partial charge in [-0.15, -0.1) is 0 Å². The zero-order valence-electron chi connectivity index (χ0n) is 25.7. The molecule has 2 aromatic carbocycles. The van der Waals surface area contributed by atoms with Crippen molar-refractivity contribution in [3.8, 4) is 28.4 Å². The van der Waals surface area contributed by atoms with E-state index in [1.807, 2.05) is 0 Å². The normalized spacial score (nSPS) is 22.0. The van der Waals surface area contributed by atoms with Crippen LogP contribution < -0.4 is 19.6 Å². The van der Waals surface area contributed by atoms with E-state index in [2.05, 4.69) is 0 Å². The molecule has 46 heavy (non-hydrogen) atoms. The summed E-state index contributed by atoms with van der Waals surface area (Å²) in [6.07, 6.45) is -6.81. The van der Waals surface area contributed by atoms with E-state index in [9.17, 15) is 24.0 Å². The van der Waals surface area contributed by atoms with E-state index in [1.54, 1.807) is 25.1 Å². The first-order chi connectivity index (χ1) is 21.9. The molecule has 2 aliphatic rings. The van der Waals surface area contributed by atoms with Crippen LogP contribution in [0.15, 0.2) is 45.6 Å². The Morgan fingerprint density at radius 2 is 1.43 bits per heavy atom. The lowest BCUT2D eigenvalue weighted by Crippen LogP contribution is -2.63. The second-order valence-electron chi connectivity index (χ2n) is 10.6. The Morgan fingerprint density at radius 1 is 0.783 bits per heavy atom. The van der Waals surface area contributed by atoms with Gasteiger partial charge >= 0.3 is 23.9 Å². The number of hydrogen-bond donors (Lipinski definition) is 0. The van der Waals surface area contributed by atoms with Crippen LogP contribution in [0, 0.1) is 6.92 Å². The molecule has 1 fully saturated rings. The highest BCUT2D eigenvalue weighted by Gasteiger charge is 2.53. The molecule has 14 nitrogen and oxygen atoms in total. The van der Waals surface area contributed by atoms with Gasteiger partial charge in [0.2, 0.25) is 17.8 Å². The maximum Gasteiger partial charge on any atom is 0.303 e. The van der Waals surface area contributed by atoms with E-state index < -0.39 is 61.2 Å². The van der Waals surface area contributed by atoms with Crippen molar-refractivity contribution in [3.63, 3.8) is 0 Å². The molecule has 0 amide bonds. The standard InChI is InChI=1S/C32H32O14/c1-15-27(20-6-9-23-25(12-20)39-11-10-38-23)28(37)22-8-7-21(13-24(22)41-15)45-32-31(44-19(5)36)30(43-18(4)35)29(42-17(3)34)26(46-32)14-40-16(2)33/h6-9,12-13,26,29-32H,10-11,14H2,1-5H3/t26-,29-,30+,31+,32+/m1/s1. The summed E-state index contributed by atoms with van der Waals surface area (Å²) in [5.41, 5.74) is 0.828. The Morgan fingerprint density at radius 3 is 2.11 bits per heavy atom. The van der Waals surface area contributed by atoms with Gasteiger partial charge in [-0.05, 0) is 36.8 Å². The molecule has 0 aliphatic carbocycles. The maximum atomic E-state index is 13.6. The van der Waals surface area contributed by atoms with Crippen molar-refractivity contribution in [1.82, 2.24) is 0 Å². The summed E-state index contributed by atoms with van der Waals surface area (Å²) < 4.78 is 50.7. The highest BCUT2D eigenvalue weighted by molar-refractivity contribution is 5.84. The van der Waals surface area contributed by atoms with Crippen LogP contribution in [0.1, 0.15) is 33.5 Å². The van der Waals surface area contributed by atoms with Crippen LogP contribution in [0.4, 0.5) is 0 Å². The van der Waals surface area contributed by atoms with Gasteiger partial charge in [-0.1, -0.05) is 6.07 Å². The lowest BCUT2D eigenvalue weighted by Gasteiger charge is -2.43. The topological polar surface area (TPSA) is 172 Å². The lowest BCUT2D eigenvalue weighted by molar-refractivity contribution is -0.288. The Hall–Kier alpha value is -5.11. The maximum absolute atomic E-state index is 13.6. The van der Waals surface area contributed by atoms with Gasteiger partial charge in [0.1, 0.15) is 43.0 Å². The molecule has 244 valence electrons. The van der Waals surface area contributed by atoms with Crippen LogP contribution in [0.3, 0.4) is 0 Å². The fourth-order valence-electron chi connectivity index (χ4n) is 5.31. The van der Waals surface area contributed by atoms with Gasteiger partial charge in [-0.3, -0.25) is 24.0 Å². The highest BCUT2D eigenvalue weighted by Crippen LogP contribution is 2.36. The van der Waals surface area contributed by atoms with Crippen LogP contribution in [0.5, 0.6) is 17.2 Å². The number of rotatable bonds is 8. The molecule has 14 heteroatoms. The smallest absolute Gasteiger partial charge is 0.303 e. The number of ether oxygens (including phenoxy) is 8. The molecule has 0 unspecified atom stereocenters. The Labute approximate surface area is 262 Å². The minimum atomic E-state index is -1.46. The average Bonchev–Trinajstić information content (AvgIpc) is 2.98. The van der Waals surface area contributed by atoms with E-state index in [0.717, 1.165) is 20.8 Å². The zero-order valence-corrected chi connectivity index (χ0v) is 25.7. The van der Waals surface area contributed by atoms with Crippen molar-refractivity contribution in [2.75, 3.05) is 19.8 Å². The van der Waals surface area contributed by atoms with E-state index in [-0.39, 0.29) is 22.1 Å². The third-order valence-electron chi connectivity index (χ3n) is 7.07. The number of esters is 4. The van der Waals surface area contributed by atoms with Gasteiger partial charge in [0.05, 0.1) is 10.9 Å². The molecule has 2 aliphatic heterocycles. The number of fused-ring (bicyclic) bond motifs is 2. The van der Waals surface area contributed by atoms with E-state index in [0.29, 0.717) is 41.6 Å². The van der Waals surface area contributed by atoms with E-state index in [1.165, 1.54) is 25.1 Å². The summed E-state index contributed by atoms with van der Waals surface area (Å²) in [5, 5.41) is 0.254. The lowest BCUT2D eigenvalue weighted by atomic mass is 9.98. The van der Waals surface area contributed by atoms with Gasteiger partial charge in [-0.25, -0.2) is 0 Å². The molecule has 3 heterocycles. The molecule has 0 radical (unpaired) electrons. The summed E-state index contributed by atoms with van der Waals surface area (Å²) in [5.74, 6) is -1.38. The monoisotopic (exact) mass is 640 g/mol. The SMILES string of the molecule is CC(=O)OC[C@H]1O[C@H](Oc2ccc3c(=O)c(-c4ccc5c(c4)OCCO5)c(C)oc3c2)[C@@H](OC(C)=O)[C@@H](OC(C)=O)[C@@H]1OC(C)=O. The summed E-state index contributed by atoms with van der Waals surface area (Å²) in [6.45, 7) is 6.62. The molecular formula is C32H32O14. The van der Waals surface area contributed by atoms with E-state index in [4.69, 9.17) is 42.3 Å². The summed E-state index contributed by atoms with van der Waals surface area (Å²) in [4.78, 5) is 61.4. The number of benzene rings is 2. The quantitative estimate of drug-likeness (QED) is 0.260. The van der Waals surface area contributed by atoms with Gasteiger partial charge in [-0.2, -0.15) is 0 Å². The van der Waals surface area contributed by atoms with Crippen molar-refractivity contribution < 1.29 is 61.5 Å². The minimum absolute atomic E-state index is 0.128. The van der Waals surface area contributed by atoms with Crippen molar-refractivity contribution in [3.05, 3.63) is 52.4 Å². The molecule has 5 atom stereocenters. The van der Waals surface area contributed by atoms with Crippen LogP contribution in [0.25, 0.3) is 22.1 Å². The molecule has 3 aromatic rings. The van der Waals surface area contributed by atoms with E-state index >= 15 is 0 Å². The summed E-state index contributed by atoms with van der Waals surface area (Å²) in [7, 11) is 0. The molecule has 0 saturated carbocycles. The van der Waals surface area contributed by atoms with Crippen molar-refractivity contribution in [1.29, 1.82) is 0 Å². The third kappa shape index (κ3) is 7.07. The summed E-state index contributed by atoms with van der Waals surface area (Å²) >= 11 is 0. The first kappa shape index (κ1) is 32.3. The second kappa shape index (κ2) is 13.5. The molecule has 0 spiro atoms. The fraction of sp³-hybridized carbons (Fsp3) is 0.406. The van der Waals surface area contributed by atoms with Crippen LogP contribution in [0.2, 0.25) is 0 Å². The first-order valence-corrected chi connectivity index (χ1v) is 14.4. The Balaban J connectivity index is 1.50. The first-order valence-electron chi connectivity index (χ1n) is 14.4. The Bertz CT molecular complexity index is 1730. The number of carbonyl (C=O) groups excluding carboxylic acids is 4.